The van der Waals surface area contributed by atoms with Crippen molar-refractivity contribution in [3.05, 3.63) is 88.7 Å². The zero-order valence-corrected chi connectivity index (χ0v) is 18.2. The number of halogens is 2. The number of hydrogen-bond donors (Lipinski definition) is 2. The third-order valence-corrected chi connectivity index (χ3v) is 5.56. The number of fused-ring (bicyclic) bond motifs is 1. The van der Waals surface area contributed by atoms with Crippen molar-refractivity contribution in [3.8, 4) is 16.9 Å². The molecule has 7 heteroatoms. The highest BCUT2D eigenvalue weighted by Gasteiger charge is 2.12. The molecule has 4 aromatic rings. The fourth-order valence-corrected chi connectivity index (χ4v) is 3.89. The molecule has 31 heavy (non-hydrogen) atoms. The number of carbonyl (C=O) groups excluding carboxylic acids is 1. The van der Waals surface area contributed by atoms with Crippen LogP contribution in [0, 0.1) is 0 Å². The number of rotatable bonds is 5. The lowest BCUT2D eigenvalue weighted by atomic mass is 9.96. The number of aromatic nitrogens is 1. The molecule has 1 heterocycles. The topological polar surface area (TPSA) is 63.2 Å². The minimum Gasteiger partial charge on any atom is -0.497 e. The van der Waals surface area contributed by atoms with Gasteiger partial charge in [-0.05, 0) is 52.4 Å². The Kier molecular flexibility index (Phi) is 6.26. The second kappa shape index (κ2) is 9.25. The third-order valence-electron chi connectivity index (χ3n) is 4.93. The summed E-state index contributed by atoms with van der Waals surface area (Å²) >= 11 is 12.2. The molecule has 0 saturated heterocycles. The van der Waals surface area contributed by atoms with Crippen LogP contribution in [0.1, 0.15) is 5.56 Å². The number of anilines is 1. The summed E-state index contributed by atoms with van der Waals surface area (Å²) in [6.45, 7) is 0.314. The molecule has 0 fully saturated rings. The van der Waals surface area contributed by atoms with Crippen LogP contribution in [0.3, 0.4) is 0 Å². The van der Waals surface area contributed by atoms with Crippen LogP contribution in [0.2, 0.25) is 10.0 Å². The lowest BCUT2D eigenvalue weighted by molar-refractivity contribution is 0.252. The maximum absolute atomic E-state index is 12.4. The van der Waals surface area contributed by atoms with Gasteiger partial charge in [0.1, 0.15) is 5.75 Å². The molecule has 3 aromatic carbocycles. The second-order valence-electron chi connectivity index (χ2n) is 6.83. The molecule has 0 aliphatic rings. The molecule has 0 saturated carbocycles. The second-order valence-corrected chi connectivity index (χ2v) is 7.64. The van der Waals surface area contributed by atoms with Crippen molar-refractivity contribution in [2.45, 2.75) is 6.54 Å². The lowest BCUT2D eigenvalue weighted by Gasteiger charge is -2.14. The predicted octanol–water partition coefficient (Wildman–Crippen LogP) is 6.54. The van der Waals surface area contributed by atoms with Gasteiger partial charge in [-0.15, -0.1) is 0 Å². The molecule has 5 nitrogen and oxygen atoms in total. The molecule has 0 radical (unpaired) electrons. The van der Waals surface area contributed by atoms with Crippen LogP contribution in [-0.4, -0.2) is 18.1 Å². The summed E-state index contributed by atoms with van der Waals surface area (Å²) in [7, 11) is 1.65. The Balaban J connectivity index is 1.58. The van der Waals surface area contributed by atoms with Gasteiger partial charge in [-0.1, -0.05) is 53.5 Å². The highest BCUT2D eigenvalue weighted by Crippen LogP contribution is 2.32. The van der Waals surface area contributed by atoms with Gasteiger partial charge in [0.05, 0.1) is 22.8 Å². The van der Waals surface area contributed by atoms with Crippen LogP contribution in [0.5, 0.6) is 5.75 Å². The fourth-order valence-electron chi connectivity index (χ4n) is 3.40. The normalized spacial score (nSPS) is 10.7. The van der Waals surface area contributed by atoms with Crippen molar-refractivity contribution in [2.24, 2.45) is 0 Å². The smallest absolute Gasteiger partial charge is 0.319 e. The Hall–Kier alpha value is -3.28. The fraction of sp³-hybridized carbons (Fsp3) is 0.0833. The highest BCUT2D eigenvalue weighted by molar-refractivity contribution is 6.39. The van der Waals surface area contributed by atoms with E-state index in [1.54, 1.807) is 37.7 Å². The molecule has 0 atom stereocenters. The Morgan fingerprint density at radius 1 is 1.00 bits per heavy atom. The summed E-state index contributed by atoms with van der Waals surface area (Å²) in [6, 6.07) is 18.6. The van der Waals surface area contributed by atoms with Crippen molar-refractivity contribution < 1.29 is 9.53 Å². The van der Waals surface area contributed by atoms with E-state index in [9.17, 15) is 4.79 Å². The van der Waals surface area contributed by atoms with Crippen LogP contribution in [-0.2, 0) is 6.54 Å². The largest absolute Gasteiger partial charge is 0.497 e. The first kappa shape index (κ1) is 21.0. The van der Waals surface area contributed by atoms with Gasteiger partial charge in [-0.3, -0.25) is 4.98 Å². The number of carbonyl (C=O) groups is 1. The van der Waals surface area contributed by atoms with E-state index in [-0.39, 0.29) is 0 Å². The number of nitrogens with zero attached hydrogens (tertiary/aromatic N) is 1. The number of nitrogens with one attached hydrogen (secondary N) is 2. The molecular weight excluding hydrogens is 433 g/mol. The van der Waals surface area contributed by atoms with Crippen LogP contribution in [0.25, 0.3) is 21.9 Å². The van der Waals surface area contributed by atoms with Crippen molar-refractivity contribution in [1.29, 1.82) is 0 Å². The van der Waals surface area contributed by atoms with Gasteiger partial charge in [-0.25, -0.2) is 4.79 Å². The summed E-state index contributed by atoms with van der Waals surface area (Å²) in [5, 5.41) is 8.31. The van der Waals surface area contributed by atoms with Crippen molar-refractivity contribution in [1.82, 2.24) is 10.3 Å². The molecule has 0 bridgehead atoms. The van der Waals surface area contributed by atoms with Gasteiger partial charge in [0.25, 0.3) is 0 Å². The van der Waals surface area contributed by atoms with Gasteiger partial charge in [0.15, 0.2) is 0 Å². The molecule has 4 rings (SSSR count). The average molecular weight is 452 g/mol. The van der Waals surface area contributed by atoms with Gasteiger partial charge >= 0.3 is 6.03 Å². The quantitative estimate of drug-likeness (QED) is 0.362. The molecule has 1 aromatic heterocycles. The number of para-hydroxylation sites is 1. The first-order valence-corrected chi connectivity index (χ1v) is 10.3. The van der Waals surface area contributed by atoms with Gasteiger partial charge in [-0.2, -0.15) is 0 Å². The number of urea groups is 1. The monoisotopic (exact) mass is 451 g/mol. The van der Waals surface area contributed by atoms with Crippen LogP contribution < -0.4 is 15.4 Å². The van der Waals surface area contributed by atoms with E-state index < -0.39 is 6.03 Å². The summed E-state index contributed by atoms with van der Waals surface area (Å²) in [5.74, 6) is 0.792. The average Bonchev–Trinajstić information content (AvgIpc) is 2.80. The minimum absolute atomic E-state index is 0.314. The van der Waals surface area contributed by atoms with Gasteiger partial charge in [0, 0.05) is 24.3 Å². The van der Waals surface area contributed by atoms with Crippen molar-refractivity contribution in [3.63, 3.8) is 0 Å². The highest BCUT2D eigenvalue weighted by atomic mass is 35.5. The third kappa shape index (κ3) is 4.58. The number of pyridine rings is 1. The Bertz CT molecular complexity index is 1240. The molecule has 0 spiro atoms. The first-order chi connectivity index (χ1) is 15.1. The van der Waals surface area contributed by atoms with Crippen molar-refractivity contribution >= 4 is 45.7 Å². The molecular formula is C24H19Cl2N3O2. The van der Waals surface area contributed by atoms with Crippen LogP contribution >= 0.6 is 23.2 Å². The van der Waals surface area contributed by atoms with E-state index in [1.807, 2.05) is 42.5 Å². The van der Waals surface area contributed by atoms with E-state index in [2.05, 4.69) is 15.6 Å². The molecule has 2 N–H and O–H groups in total. The maximum atomic E-state index is 12.4. The number of ether oxygens (including phenoxy) is 1. The molecule has 2 amide bonds. The summed E-state index contributed by atoms with van der Waals surface area (Å²) < 4.78 is 5.36. The SMILES string of the molecule is COc1cccc(-c2ccc(CNC(=O)Nc3c(Cl)cccc3Cl)c3cnccc23)c1. The Labute approximate surface area is 190 Å². The predicted molar refractivity (Wildman–Crippen MR) is 126 cm³/mol. The summed E-state index contributed by atoms with van der Waals surface area (Å²) in [5.41, 5.74) is 3.42. The minimum atomic E-state index is -0.399. The lowest BCUT2D eigenvalue weighted by Crippen LogP contribution is -2.28. The Morgan fingerprint density at radius 2 is 1.77 bits per heavy atom. The molecule has 156 valence electrons. The van der Waals surface area contributed by atoms with E-state index >= 15 is 0 Å². The molecule has 0 aliphatic heterocycles. The van der Waals surface area contributed by atoms with Gasteiger partial charge < -0.3 is 15.4 Å². The van der Waals surface area contributed by atoms with Gasteiger partial charge in [0.2, 0.25) is 0 Å². The zero-order valence-electron chi connectivity index (χ0n) is 16.7. The number of benzene rings is 3. The number of hydrogen-bond acceptors (Lipinski definition) is 3. The zero-order chi connectivity index (χ0) is 21.8. The standard InChI is InChI=1S/C24H19Cl2N3O2/c1-31-17-5-2-4-15(12-17)18-9-8-16(20-14-27-11-10-19(18)20)13-28-24(30)29-23-21(25)6-3-7-22(23)26/h2-12,14H,13H2,1H3,(H2,28,29,30). The van der Waals surface area contributed by atoms with E-state index in [4.69, 9.17) is 27.9 Å². The summed E-state index contributed by atoms with van der Waals surface area (Å²) in [6.07, 6.45) is 3.56. The Morgan fingerprint density at radius 3 is 2.55 bits per heavy atom. The first-order valence-electron chi connectivity index (χ1n) is 9.55. The maximum Gasteiger partial charge on any atom is 0.319 e. The summed E-state index contributed by atoms with van der Waals surface area (Å²) in [4.78, 5) is 16.7. The van der Waals surface area contributed by atoms with Crippen LogP contribution in [0.4, 0.5) is 10.5 Å². The van der Waals surface area contributed by atoms with E-state index in [0.29, 0.717) is 22.3 Å². The number of methoxy groups -OCH3 is 1. The number of amides is 2. The van der Waals surface area contributed by atoms with E-state index in [1.165, 1.54) is 0 Å². The molecule has 0 aliphatic carbocycles. The molecule has 0 unspecified atom stereocenters. The van der Waals surface area contributed by atoms with E-state index in [0.717, 1.165) is 33.2 Å². The van der Waals surface area contributed by atoms with Crippen LogP contribution in [0.15, 0.2) is 73.1 Å². The van der Waals surface area contributed by atoms with Crippen molar-refractivity contribution in [2.75, 3.05) is 12.4 Å².